The zero-order valence-corrected chi connectivity index (χ0v) is 18.1. The fourth-order valence-electron chi connectivity index (χ4n) is 3.02. The highest BCUT2D eigenvalue weighted by Gasteiger charge is 2.24. The van der Waals surface area contributed by atoms with Crippen LogP contribution in [0.3, 0.4) is 0 Å². The smallest absolute Gasteiger partial charge is 0.262 e. The Morgan fingerprint density at radius 2 is 1.83 bits per heavy atom. The van der Waals surface area contributed by atoms with Gasteiger partial charge in [0.1, 0.15) is 5.69 Å². The van der Waals surface area contributed by atoms with E-state index in [4.69, 9.17) is 34.8 Å². The van der Waals surface area contributed by atoms with E-state index in [2.05, 4.69) is 14.7 Å². The molecule has 0 saturated carbocycles. The molecule has 0 aliphatic heterocycles. The van der Waals surface area contributed by atoms with Crippen LogP contribution in [-0.2, 0) is 16.4 Å². The lowest BCUT2D eigenvalue weighted by Crippen LogP contribution is -2.17. The summed E-state index contributed by atoms with van der Waals surface area (Å²) in [5.74, 6) is -0.455. The quantitative estimate of drug-likeness (QED) is 0.517. The van der Waals surface area contributed by atoms with Gasteiger partial charge in [-0.25, -0.2) is 13.4 Å². The largest absolute Gasteiger partial charge is 0.287 e. The molecule has 0 spiro atoms. The number of ketones is 1. The van der Waals surface area contributed by atoms with Crippen molar-refractivity contribution in [2.45, 2.75) is 11.3 Å². The summed E-state index contributed by atoms with van der Waals surface area (Å²) in [6, 6.07) is 6.79. The van der Waals surface area contributed by atoms with Crippen molar-refractivity contribution in [3.8, 4) is 0 Å². The summed E-state index contributed by atoms with van der Waals surface area (Å²) in [5.41, 5.74) is 1.70. The van der Waals surface area contributed by atoms with Gasteiger partial charge in [0.2, 0.25) is 5.78 Å². The van der Waals surface area contributed by atoms with Crippen LogP contribution < -0.4 is 4.72 Å². The molecular formula is C20H12Cl3N3O3S. The number of anilines is 1. The molecule has 3 aromatic rings. The molecule has 0 atom stereocenters. The first kappa shape index (κ1) is 20.8. The topological polar surface area (TPSA) is 89.0 Å². The van der Waals surface area contributed by atoms with Crippen LogP contribution in [-0.4, -0.2) is 24.2 Å². The van der Waals surface area contributed by atoms with Crippen molar-refractivity contribution in [1.82, 2.24) is 9.97 Å². The number of rotatable bonds is 5. The second-order valence-corrected chi connectivity index (χ2v) is 9.32. The molecule has 1 aromatic carbocycles. The lowest BCUT2D eigenvalue weighted by Gasteiger charge is -2.13. The average Bonchev–Trinajstić information content (AvgIpc) is 3.18. The highest BCUT2D eigenvalue weighted by atomic mass is 35.5. The fraction of sp³-hybridized carbons (Fsp3) is 0.0500. The molecule has 0 saturated heterocycles. The maximum Gasteiger partial charge on any atom is 0.262 e. The summed E-state index contributed by atoms with van der Waals surface area (Å²) in [6.07, 6.45) is 7.15. The molecule has 0 fully saturated rings. The zero-order valence-electron chi connectivity index (χ0n) is 15.1. The number of carbonyl (C=O) groups is 1. The number of benzene rings is 1. The summed E-state index contributed by atoms with van der Waals surface area (Å²) in [4.78, 5) is 21.4. The van der Waals surface area contributed by atoms with E-state index in [1.807, 2.05) is 12.2 Å². The molecule has 1 aliphatic rings. The molecule has 10 heteroatoms. The van der Waals surface area contributed by atoms with Crippen molar-refractivity contribution >= 4 is 62.4 Å². The van der Waals surface area contributed by atoms with Gasteiger partial charge < -0.3 is 0 Å². The monoisotopic (exact) mass is 479 g/mol. The van der Waals surface area contributed by atoms with Crippen molar-refractivity contribution in [2.24, 2.45) is 0 Å². The summed E-state index contributed by atoms with van der Waals surface area (Å²) < 4.78 is 28.1. The number of nitrogens with zero attached hydrogens (tertiary/aromatic N) is 2. The molecule has 0 amide bonds. The molecule has 0 radical (unpaired) electrons. The van der Waals surface area contributed by atoms with Gasteiger partial charge in [0.15, 0.2) is 0 Å². The molecule has 0 unspecified atom stereocenters. The molecule has 4 rings (SSSR count). The number of fused-ring (bicyclic) bond motifs is 1. The van der Waals surface area contributed by atoms with Gasteiger partial charge in [0.25, 0.3) is 10.0 Å². The van der Waals surface area contributed by atoms with E-state index in [1.165, 1.54) is 36.7 Å². The normalized spacial score (nSPS) is 12.6. The number of sulfonamides is 1. The van der Waals surface area contributed by atoms with E-state index < -0.39 is 15.8 Å². The number of pyridine rings is 2. The van der Waals surface area contributed by atoms with Crippen molar-refractivity contribution in [3.63, 3.8) is 0 Å². The fourth-order valence-corrected chi connectivity index (χ4v) is 4.63. The highest BCUT2D eigenvalue weighted by molar-refractivity contribution is 7.92. The predicted octanol–water partition coefficient (Wildman–Crippen LogP) is 5.04. The van der Waals surface area contributed by atoms with Crippen LogP contribution >= 0.6 is 34.8 Å². The van der Waals surface area contributed by atoms with Crippen molar-refractivity contribution < 1.29 is 13.2 Å². The second-order valence-electron chi connectivity index (χ2n) is 6.39. The minimum atomic E-state index is -4.09. The van der Waals surface area contributed by atoms with Crippen molar-refractivity contribution in [2.75, 3.05) is 4.72 Å². The summed E-state index contributed by atoms with van der Waals surface area (Å²) in [7, 11) is -4.09. The SMILES string of the molecule is O=C(c1ccnc2c1C=CC2)c1ncc(Cl)cc1NS(=O)(=O)c1ccc(Cl)c(Cl)c1. The molecular weight excluding hydrogens is 469 g/mol. The van der Waals surface area contributed by atoms with Gasteiger partial charge in [-0.2, -0.15) is 0 Å². The van der Waals surface area contributed by atoms with Gasteiger partial charge in [0.05, 0.1) is 31.3 Å². The Morgan fingerprint density at radius 3 is 2.60 bits per heavy atom. The summed E-state index contributed by atoms with van der Waals surface area (Å²) in [5, 5.41) is 0.466. The van der Waals surface area contributed by atoms with E-state index in [1.54, 1.807) is 6.07 Å². The third-order valence-electron chi connectivity index (χ3n) is 4.43. The second kappa shape index (κ2) is 8.00. The Morgan fingerprint density at radius 1 is 1.03 bits per heavy atom. The maximum absolute atomic E-state index is 13.2. The minimum Gasteiger partial charge on any atom is -0.287 e. The third-order valence-corrected chi connectivity index (χ3v) is 6.74. The van der Waals surface area contributed by atoms with Crippen LogP contribution in [0.15, 0.2) is 53.7 Å². The van der Waals surface area contributed by atoms with Gasteiger partial charge in [0, 0.05) is 29.9 Å². The van der Waals surface area contributed by atoms with E-state index in [-0.39, 0.29) is 31.3 Å². The van der Waals surface area contributed by atoms with E-state index >= 15 is 0 Å². The first-order valence-corrected chi connectivity index (χ1v) is 11.2. The standard InChI is InChI=1S/C20H12Cl3N3O3S/c21-11-8-18(26-30(28,29)12-4-5-15(22)16(23)9-12)19(25-10-11)20(27)14-6-7-24-17-3-1-2-13(14)17/h1-2,4-10,26H,3H2. The van der Waals surface area contributed by atoms with Crippen LogP contribution in [0.4, 0.5) is 5.69 Å². The first-order chi connectivity index (χ1) is 14.3. The Bertz CT molecular complexity index is 1320. The molecule has 2 heterocycles. The summed E-state index contributed by atoms with van der Waals surface area (Å²) in [6.45, 7) is 0. The molecule has 1 aliphatic carbocycles. The lowest BCUT2D eigenvalue weighted by molar-refractivity contribution is 0.103. The Hall–Kier alpha value is -2.45. The number of hydrogen-bond acceptors (Lipinski definition) is 5. The van der Waals surface area contributed by atoms with Crippen molar-refractivity contribution in [3.05, 3.63) is 86.4 Å². The minimum absolute atomic E-state index is 0.0499. The summed E-state index contributed by atoms with van der Waals surface area (Å²) >= 11 is 17.8. The zero-order chi connectivity index (χ0) is 21.5. The predicted molar refractivity (Wildman–Crippen MR) is 117 cm³/mol. The molecule has 30 heavy (non-hydrogen) atoms. The number of allylic oxidation sites excluding steroid dienone is 1. The molecule has 1 N–H and O–H groups in total. The third kappa shape index (κ3) is 3.94. The van der Waals surface area contributed by atoms with Crippen molar-refractivity contribution in [1.29, 1.82) is 0 Å². The molecule has 152 valence electrons. The first-order valence-electron chi connectivity index (χ1n) is 8.59. The lowest BCUT2D eigenvalue weighted by atomic mass is 10.0. The number of nitrogens with one attached hydrogen (secondary N) is 1. The van der Waals surface area contributed by atoms with E-state index in [9.17, 15) is 13.2 Å². The van der Waals surface area contributed by atoms with Crippen LogP contribution in [0.1, 0.15) is 27.3 Å². The molecule has 0 bridgehead atoms. The number of carbonyl (C=O) groups excluding carboxylic acids is 1. The van der Waals surface area contributed by atoms with E-state index in [0.717, 1.165) is 5.69 Å². The maximum atomic E-state index is 13.2. The van der Waals surface area contributed by atoms with Gasteiger partial charge >= 0.3 is 0 Å². The highest BCUT2D eigenvalue weighted by Crippen LogP contribution is 2.30. The number of hydrogen-bond donors (Lipinski definition) is 1. The number of halogens is 3. The molecule has 6 nitrogen and oxygen atoms in total. The Kier molecular flexibility index (Phi) is 5.55. The number of aromatic nitrogens is 2. The van der Waals surface area contributed by atoms with Crippen LogP contribution in [0.2, 0.25) is 15.1 Å². The Labute approximate surface area is 187 Å². The van der Waals surface area contributed by atoms with Gasteiger partial charge in [-0.05, 0) is 30.3 Å². The Balaban J connectivity index is 1.76. The van der Waals surface area contributed by atoms with Gasteiger partial charge in [-0.3, -0.25) is 14.5 Å². The van der Waals surface area contributed by atoms with E-state index in [0.29, 0.717) is 17.5 Å². The van der Waals surface area contributed by atoms with Crippen LogP contribution in [0.5, 0.6) is 0 Å². The van der Waals surface area contributed by atoms with Crippen LogP contribution in [0.25, 0.3) is 6.08 Å². The molecule has 2 aromatic heterocycles. The van der Waals surface area contributed by atoms with Gasteiger partial charge in [-0.15, -0.1) is 0 Å². The van der Waals surface area contributed by atoms with Crippen LogP contribution in [0, 0.1) is 0 Å². The van der Waals surface area contributed by atoms with Gasteiger partial charge in [-0.1, -0.05) is 47.0 Å². The average molecular weight is 481 g/mol.